The summed E-state index contributed by atoms with van der Waals surface area (Å²) in [6, 6.07) is 13.3. The van der Waals surface area contributed by atoms with Gasteiger partial charge < -0.3 is 19.3 Å². The number of imide groups is 1. The molecule has 0 bridgehead atoms. The molecule has 2 unspecified atom stereocenters. The van der Waals surface area contributed by atoms with Crippen molar-refractivity contribution >= 4 is 29.5 Å². The maximum Gasteiger partial charge on any atom is 0.375 e. The Bertz CT molecular complexity index is 1130. The predicted octanol–water partition coefficient (Wildman–Crippen LogP) is 1.00. The van der Waals surface area contributed by atoms with E-state index in [4.69, 9.17) is 14.2 Å². The second-order valence-corrected chi connectivity index (χ2v) is 7.87. The number of amides is 2. The van der Waals surface area contributed by atoms with Gasteiger partial charge in [-0.3, -0.25) is 19.3 Å². The van der Waals surface area contributed by atoms with Gasteiger partial charge in [-0.2, -0.15) is 0 Å². The zero-order valence-corrected chi connectivity index (χ0v) is 18.1. The Hall–Kier alpha value is -3.89. The number of rotatable bonds is 7. The van der Waals surface area contributed by atoms with E-state index in [2.05, 4.69) is 0 Å². The van der Waals surface area contributed by atoms with Crippen LogP contribution in [0.5, 0.6) is 0 Å². The van der Waals surface area contributed by atoms with E-state index in [1.54, 1.807) is 42.5 Å². The zero-order valence-electron chi connectivity index (χ0n) is 18.1. The molecule has 34 heavy (non-hydrogen) atoms. The quantitative estimate of drug-likeness (QED) is 0.359. The van der Waals surface area contributed by atoms with E-state index in [1.807, 2.05) is 0 Å². The molecule has 2 aliphatic rings. The highest BCUT2D eigenvalue weighted by atomic mass is 16.7. The van der Waals surface area contributed by atoms with Gasteiger partial charge in [0.25, 0.3) is 11.8 Å². The molecule has 2 heterocycles. The maximum absolute atomic E-state index is 12.8. The van der Waals surface area contributed by atoms with Crippen LogP contribution >= 0.6 is 0 Å². The number of hydrogen-bond acceptors (Lipinski definition) is 9. The highest BCUT2D eigenvalue weighted by Gasteiger charge is 2.56. The number of carbonyl (C=O) groups is 5. The Morgan fingerprint density at radius 1 is 1.06 bits per heavy atom. The molecule has 0 aliphatic carbocycles. The van der Waals surface area contributed by atoms with Gasteiger partial charge in [-0.1, -0.05) is 42.5 Å². The number of nitrogens with zero attached hydrogens (tertiary/aromatic N) is 1. The number of Topliss-reactive ketones (excluding diaryl/α,β-unsaturated/α-hetero) is 1. The van der Waals surface area contributed by atoms with Crippen LogP contribution < -0.4 is 0 Å². The maximum atomic E-state index is 12.8. The number of aliphatic hydroxyl groups is 1. The molecular weight excluding hydrogens is 446 g/mol. The van der Waals surface area contributed by atoms with Gasteiger partial charge in [0.2, 0.25) is 5.78 Å². The second-order valence-electron chi connectivity index (χ2n) is 7.87. The van der Waals surface area contributed by atoms with E-state index in [0.717, 1.165) is 12.0 Å². The summed E-state index contributed by atoms with van der Waals surface area (Å²) in [5.74, 6) is -7.41. The van der Waals surface area contributed by atoms with Crippen molar-refractivity contribution < 1.29 is 43.3 Å². The summed E-state index contributed by atoms with van der Waals surface area (Å²) in [6.07, 6.45) is -1.96. The third-order valence-corrected chi connectivity index (χ3v) is 5.71. The van der Waals surface area contributed by atoms with Crippen LogP contribution in [0.4, 0.5) is 0 Å². The minimum atomic E-state index is -2.86. The highest BCUT2D eigenvalue weighted by Crippen LogP contribution is 2.32. The first kappa shape index (κ1) is 23.3. The van der Waals surface area contributed by atoms with Crippen LogP contribution in [-0.2, 0) is 35.2 Å². The third-order valence-electron chi connectivity index (χ3n) is 5.71. The van der Waals surface area contributed by atoms with Gasteiger partial charge >= 0.3 is 17.7 Å². The fourth-order valence-electron chi connectivity index (χ4n) is 3.99. The Kier molecular flexibility index (Phi) is 6.27. The van der Waals surface area contributed by atoms with Crippen LogP contribution in [0.3, 0.4) is 0 Å². The van der Waals surface area contributed by atoms with Crippen LogP contribution in [0.2, 0.25) is 0 Å². The Morgan fingerprint density at radius 2 is 1.65 bits per heavy atom. The minimum absolute atomic E-state index is 0.130. The van der Waals surface area contributed by atoms with E-state index in [1.165, 1.54) is 12.1 Å². The topological polar surface area (TPSA) is 137 Å². The number of fused-ring (bicyclic) bond motifs is 1. The minimum Gasteiger partial charge on any atom is -0.467 e. The molecule has 1 saturated heterocycles. The summed E-state index contributed by atoms with van der Waals surface area (Å²) < 4.78 is 15.1. The monoisotopic (exact) mass is 467 g/mol. The molecule has 10 nitrogen and oxygen atoms in total. The molecule has 0 radical (unpaired) electrons. The van der Waals surface area contributed by atoms with Gasteiger partial charge in [0, 0.05) is 12.8 Å². The van der Waals surface area contributed by atoms with Crippen molar-refractivity contribution in [2.24, 2.45) is 0 Å². The SMILES string of the molecule is COC(=O)[C@H](CC1CC(=O)C(O)(C(=O)OCc2ccccc2)O1)N1C(=O)c2ccccc2C1=O. The van der Waals surface area contributed by atoms with Crippen molar-refractivity contribution in [2.45, 2.75) is 37.4 Å². The molecule has 2 aliphatic heterocycles. The molecule has 176 valence electrons. The summed E-state index contributed by atoms with van der Waals surface area (Å²) in [4.78, 5) is 63.8. The van der Waals surface area contributed by atoms with E-state index in [0.29, 0.717) is 5.56 Å². The van der Waals surface area contributed by atoms with E-state index >= 15 is 0 Å². The molecule has 0 spiro atoms. The standard InChI is InChI=1S/C24H21NO9/c1-32-22(29)18(25-20(27)16-9-5-6-10-17(16)21(25)28)11-15-12-19(26)24(31,34-15)23(30)33-13-14-7-3-2-4-8-14/h2-10,15,18,31H,11-13H2,1H3/t15?,18-,24?/m0/s1. The van der Waals surface area contributed by atoms with Crippen LogP contribution in [0.1, 0.15) is 39.1 Å². The first-order valence-corrected chi connectivity index (χ1v) is 10.5. The Morgan fingerprint density at radius 3 is 2.24 bits per heavy atom. The number of esters is 2. The second kappa shape index (κ2) is 9.16. The molecule has 2 aromatic rings. The van der Waals surface area contributed by atoms with Crippen molar-refractivity contribution in [3.05, 3.63) is 71.3 Å². The average Bonchev–Trinajstić information content (AvgIpc) is 3.28. The normalized spacial score (nSPS) is 22.5. The van der Waals surface area contributed by atoms with Crippen molar-refractivity contribution in [2.75, 3.05) is 7.11 Å². The van der Waals surface area contributed by atoms with E-state index < -0.39 is 53.9 Å². The highest BCUT2D eigenvalue weighted by molar-refractivity contribution is 6.22. The summed E-state index contributed by atoms with van der Waals surface area (Å²) >= 11 is 0. The lowest BCUT2D eigenvalue weighted by Gasteiger charge is -2.26. The molecular formula is C24H21NO9. The van der Waals surface area contributed by atoms with Gasteiger partial charge in [-0.15, -0.1) is 0 Å². The van der Waals surface area contributed by atoms with Crippen LogP contribution in [-0.4, -0.2) is 64.6 Å². The smallest absolute Gasteiger partial charge is 0.375 e. The summed E-state index contributed by atoms with van der Waals surface area (Å²) in [5.41, 5.74) is 0.898. The van der Waals surface area contributed by atoms with Gasteiger partial charge in [0.05, 0.1) is 24.3 Å². The van der Waals surface area contributed by atoms with Gasteiger partial charge in [0.1, 0.15) is 12.6 Å². The molecule has 3 atom stereocenters. The van der Waals surface area contributed by atoms with Crippen molar-refractivity contribution in [3.63, 3.8) is 0 Å². The van der Waals surface area contributed by atoms with E-state index in [9.17, 15) is 29.1 Å². The van der Waals surface area contributed by atoms with Crippen LogP contribution in [0, 0.1) is 0 Å². The van der Waals surface area contributed by atoms with Gasteiger partial charge in [-0.25, -0.2) is 9.59 Å². The lowest BCUT2D eigenvalue weighted by Crippen LogP contribution is -2.48. The summed E-state index contributed by atoms with van der Waals surface area (Å²) in [7, 11) is 1.09. The van der Waals surface area contributed by atoms with E-state index in [-0.39, 0.29) is 24.2 Å². The molecule has 0 saturated carbocycles. The fraction of sp³-hybridized carbons (Fsp3) is 0.292. The largest absolute Gasteiger partial charge is 0.467 e. The third kappa shape index (κ3) is 4.09. The molecule has 1 fully saturated rings. The lowest BCUT2D eigenvalue weighted by molar-refractivity contribution is -0.220. The van der Waals surface area contributed by atoms with Crippen molar-refractivity contribution in [1.82, 2.24) is 4.90 Å². The molecule has 10 heteroatoms. The predicted molar refractivity (Wildman–Crippen MR) is 113 cm³/mol. The first-order valence-electron chi connectivity index (χ1n) is 10.5. The number of carbonyl (C=O) groups excluding carboxylic acids is 5. The molecule has 4 rings (SSSR count). The van der Waals surface area contributed by atoms with Crippen LogP contribution in [0.15, 0.2) is 54.6 Å². The Balaban J connectivity index is 1.49. The van der Waals surface area contributed by atoms with Gasteiger partial charge in [-0.05, 0) is 17.7 Å². The number of ether oxygens (including phenoxy) is 3. The summed E-state index contributed by atoms with van der Waals surface area (Å²) in [5, 5.41) is 10.6. The first-order chi connectivity index (χ1) is 16.3. The van der Waals surface area contributed by atoms with Crippen molar-refractivity contribution in [3.8, 4) is 0 Å². The van der Waals surface area contributed by atoms with Crippen LogP contribution in [0.25, 0.3) is 0 Å². The average molecular weight is 467 g/mol. The molecule has 0 aromatic heterocycles. The lowest BCUT2D eigenvalue weighted by atomic mass is 10.0. The van der Waals surface area contributed by atoms with Gasteiger partial charge in [0.15, 0.2) is 0 Å². The molecule has 2 aromatic carbocycles. The fourth-order valence-corrected chi connectivity index (χ4v) is 3.99. The Labute approximate surface area is 194 Å². The number of hydrogen-bond donors (Lipinski definition) is 1. The zero-order chi connectivity index (χ0) is 24.5. The summed E-state index contributed by atoms with van der Waals surface area (Å²) in [6.45, 7) is -0.191. The molecule has 2 amide bonds. The number of benzene rings is 2. The van der Waals surface area contributed by atoms with Crippen molar-refractivity contribution in [1.29, 1.82) is 0 Å². The number of ketones is 1. The number of methoxy groups -OCH3 is 1. The molecule has 1 N–H and O–H groups in total.